The number of rotatable bonds is 3. The van der Waals surface area contributed by atoms with E-state index in [4.69, 9.17) is 22.3 Å². The smallest absolute Gasteiger partial charge is 0.152 e. The molecular formula is C26H26ClN5S. The molecule has 3 aromatic heterocycles. The molecule has 33 heavy (non-hydrogen) atoms. The number of aromatic nitrogens is 3. The molecule has 2 aliphatic rings. The Morgan fingerprint density at radius 3 is 2.48 bits per heavy atom. The van der Waals surface area contributed by atoms with Gasteiger partial charge in [-0.1, -0.05) is 47.6 Å². The van der Waals surface area contributed by atoms with E-state index in [1.807, 2.05) is 12.3 Å². The van der Waals surface area contributed by atoms with Crippen LogP contribution in [0.2, 0.25) is 5.02 Å². The van der Waals surface area contributed by atoms with Gasteiger partial charge in [-0.2, -0.15) is 0 Å². The molecule has 0 bridgehead atoms. The third-order valence-corrected chi connectivity index (χ3v) is 9.06. The van der Waals surface area contributed by atoms with Crippen molar-refractivity contribution >= 4 is 40.6 Å². The number of halogens is 1. The Balaban J connectivity index is 1.28. The number of pyridine rings is 2. The number of hydrogen-bond donors (Lipinski definition) is 1. The molecule has 0 atom stereocenters. The van der Waals surface area contributed by atoms with Crippen molar-refractivity contribution in [3.05, 3.63) is 76.7 Å². The van der Waals surface area contributed by atoms with E-state index in [1.54, 1.807) is 29.1 Å². The minimum absolute atomic E-state index is 0.353. The molecule has 4 aromatic rings. The van der Waals surface area contributed by atoms with Gasteiger partial charge in [-0.25, -0.2) is 9.97 Å². The zero-order valence-electron chi connectivity index (χ0n) is 18.6. The number of piperidine rings is 1. The highest BCUT2D eigenvalue weighted by Crippen LogP contribution is 2.46. The molecule has 0 saturated carbocycles. The maximum Gasteiger partial charge on any atom is 0.152 e. The molecule has 0 unspecified atom stereocenters. The maximum atomic E-state index is 6.42. The second-order valence-electron chi connectivity index (χ2n) is 9.36. The highest BCUT2D eigenvalue weighted by molar-refractivity contribution is 7.99. The molecule has 1 spiro atoms. The van der Waals surface area contributed by atoms with Crippen LogP contribution in [0.4, 0.5) is 11.6 Å². The predicted octanol–water partition coefficient (Wildman–Crippen LogP) is 5.81. The van der Waals surface area contributed by atoms with E-state index in [0.29, 0.717) is 16.3 Å². The first-order valence-electron chi connectivity index (χ1n) is 11.4. The number of benzene rings is 1. The van der Waals surface area contributed by atoms with Gasteiger partial charge in [0.1, 0.15) is 11.6 Å². The first-order chi connectivity index (χ1) is 16.0. The second-order valence-corrected chi connectivity index (χ2v) is 10.8. The van der Waals surface area contributed by atoms with Gasteiger partial charge < -0.3 is 10.6 Å². The molecule has 2 N–H and O–H groups in total. The van der Waals surface area contributed by atoms with E-state index in [0.717, 1.165) is 28.5 Å². The molecular weight excluding hydrogens is 450 g/mol. The lowest BCUT2D eigenvalue weighted by Gasteiger charge is -2.40. The third kappa shape index (κ3) is 3.56. The van der Waals surface area contributed by atoms with Crippen LogP contribution in [0.25, 0.3) is 5.65 Å². The molecule has 7 heteroatoms. The Labute approximate surface area is 203 Å². The summed E-state index contributed by atoms with van der Waals surface area (Å²) in [5, 5.41) is 0.495. The van der Waals surface area contributed by atoms with Crippen molar-refractivity contribution in [3.63, 3.8) is 0 Å². The summed E-state index contributed by atoms with van der Waals surface area (Å²) in [6.45, 7) is 4.29. The van der Waals surface area contributed by atoms with Gasteiger partial charge in [0.25, 0.3) is 0 Å². The van der Waals surface area contributed by atoms with Gasteiger partial charge in [0.2, 0.25) is 0 Å². The monoisotopic (exact) mass is 475 g/mol. The fraction of sp³-hybridized carbons (Fsp3) is 0.308. The Bertz CT molecular complexity index is 1330. The van der Waals surface area contributed by atoms with Crippen LogP contribution in [-0.2, 0) is 12.8 Å². The number of nitrogen functional groups attached to an aromatic ring is 1. The molecule has 1 aliphatic heterocycles. The van der Waals surface area contributed by atoms with Crippen molar-refractivity contribution in [2.24, 2.45) is 5.41 Å². The summed E-state index contributed by atoms with van der Waals surface area (Å²) in [6, 6.07) is 13.2. The van der Waals surface area contributed by atoms with E-state index in [-0.39, 0.29) is 0 Å². The van der Waals surface area contributed by atoms with Crippen LogP contribution in [0.3, 0.4) is 0 Å². The van der Waals surface area contributed by atoms with Crippen molar-refractivity contribution in [1.82, 2.24) is 14.4 Å². The number of fused-ring (bicyclic) bond motifs is 2. The number of aryl methyl sites for hydroxylation is 1. The van der Waals surface area contributed by atoms with Gasteiger partial charge in [-0.3, -0.25) is 4.40 Å². The molecule has 168 valence electrons. The Kier molecular flexibility index (Phi) is 5.03. The van der Waals surface area contributed by atoms with Gasteiger partial charge >= 0.3 is 0 Å². The number of hydrogen-bond acceptors (Lipinski definition) is 5. The fourth-order valence-corrected chi connectivity index (χ4v) is 6.73. The summed E-state index contributed by atoms with van der Waals surface area (Å²) in [7, 11) is 0. The van der Waals surface area contributed by atoms with Gasteiger partial charge in [0.15, 0.2) is 5.65 Å². The van der Waals surface area contributed by atoms with Gasteiger partial charge in [-0.05, 0) is 66.8 Å². The Morgan fingerprint density at radius 1 is 1.03 bits per heavy atom. The summed E-state index contributed by atoms with van der Waals surface area (Å²) >= 11 is 8.02. The number of nitrogens with zero attached hydrogens (tertiary/aromatic N) is 4. The van der Waals surface area contributed by atoms with Crippen molar-refractivity contribution in [2.45, 2.75) is 42.4 Å². The standard InChI is InChI=1S/C26H26ClN5S/c1-17-14-21(31-11-7-26(8-12-31)15-18-4-2-3-5-19(18)16-26)32-13-10-30-25(32)23(17)33-20-6-9-29-24(28)22(20)27/h2-6,9-10,13-14H,7-8,11-12,15-16H2,1H3,(H2,28,29). The van der Waals surface area contributed by atoms with Crippen molar-refractivity contribution < 1.29 is 0 Å². The highest BCUT2D eigenvalue weighted by Gasteiger charge is 2.40. The van der Waals surface area contributed by atoms with Crippen LogP contribution in [-0.4, -0.2) is 27.5 Å². The molecule has 4 heterocycles. The molecule has 1 aliphatic carbocycles. The zero-order chi connectivity index (χ0) is 22.6. The third-order valence-electron chi connectivity index (χ3n) is 7.28. The maximum absolute atomic E-state index is 6.42. The highest BCUT2D eigenvalue weighted by atomic mass is 35.5. The quantitative estimate of drug-likeness (QED) is 0.405. The van der Waals surface area contributed by atoms with E-state index < -0.39 is 0 Å². The molecule has 1 aromatic carbocycles. The largest absolute Gasteiger partial charge is 0.382 e. The topological polar surface area (TPSA) is 59.5 Å². The predicted molar refractivity (Wildman–Crippen MR) is 135 cm³/mol. The van der Waals surface area contributed by atoms with Crippen LogP contribution in [0.1, 0.15) is 29.5 Å². The average molecular weight is 476 g/mol. The summed E-state index contributed by atoms with van der Waals surface area (Å²) in [4.78, 5) is 13.3. The van der Waals surface area contributed by atoms with E-state index >= 15 is 0 Å². The van der Waals surface area contributed by atoms with Crippen LogP contribution in [0, 0.1) is 12.3 Å². The molecule has 6 rings (SSSR count). The van der Waals surface area contributed by atoms with E-state index in [1.165, 1.54) is 37.1 Å². The van der Waals surface area contributed by atoms with Gasteiger partial charge in [-0.15, -0.1) is 0 Å². The molecule has 0 radical (unpaired) electrons. The molecule has 0 amide bonds. The Hall–Kier alpha value is -2.70. The minimum Gasteiger partial charge on any atom is -0.382 e. The first kappa shape index (κ1) is 20.9. The lowest BCUT2D eigenvalue weighted by atomic mass is 9.76. The normalized spacial score (nSPS) is 17.1. The lowest BCUT2D eigenvalue weighted by Crippen LogP contribution is -2.41. The van der Waals surface area contributed by atoms with E-state index in [9.17, 15) is 0 Å². The fourth-order valence-electron chi connectivity index (χ4n) is 5.50. The van der Waals surface area contributed by atoms with Gasteiger partial charge in [0, 0.05) is 36.6 Å². The zero-order valence-corrected chi connectivity index (χ0v) is 20.2. The summed E-state index contributed by atoms with van der Waals surface area (Å²) in [5.41, 5.74) is 11.6. The van der Waals surface area contributed by atoms with Crippen LogP contribution >= 0.6 is 23.4 Å². The average Bonchev–Trinajstić information content (AvgIpc) is 3.44. The Morgan fingerprint density at radius 2 is 1.76 bits per heavy atom. The number of anilines is 2. The SMILES string of the molecule is Cc1cc(N2CCC3(CC2)Cc2ccccc2C3)n2ccnc2c1Sc1ccnc(N)c1Cl. The van der Waals surface area contributed by atoms with Crippen LogP contribution < -0.4 is 10.6 Å². The minimum atomic E-state index is 0.353. The number of imidazole rings is 1. The van der Waals surface area contributed by atoms with Crippen molar-refractivity contribution in [2.75, 3.05) is 23.7 Å². The van der Waals surface area contributed by atoms with E-state index in [2.05, 4.69) is 57.7 Å². The summed E-state index contributed by atoms with van der Waals surface area (Å²) in [5.74, 6) is 1.57. The van der Waals surface area contributed by atoms with Crippen LogP contribution in [0.15, 0.2) is 64.8 Å². The van der Waals surface area contributed by atoms with Crippen molar-refractivity contribution in [3.8, 4) is 0 Å². The molecule has 1 saturated heterocycles. The second kappa shape index (κ2) is 7.96. The molecule has 1 fully saturated rings. The van der Waals surface area contributed by atoms with Gasteiger partial charge in [0.05, 0.1) is 9.92 Å². The van der Waals surface area contributed by atoms with Crippen molar-refractivity contribution in [1.29, 1.82) is 0 Å². The first-order valence-corrected chi connectivity index (χ1v) is 12.6. The summed E-state index contributed by atoms with van der Waals surface area (Å²) < 4.78 is 2.22. The van der Waals surface area contributed by atoms with Crippen LogP contribution in [0.5, 0.6) is 0 Å². The lowest BCUT2D eigenvalue weighted by molar-refractivity contribution is 0.232. The summed E-state index contributed by atoms with van der Waals surface area (Å²) in [6.07, 6.45) is 10.5. The molecule has 5 nitrogen and oxygen atoms in total. The number of nitrogens with two attached hydrogens (primary N) is 1.